The van der Waals surface area contributed by atoms with Crippen LogP contribution in [-0.2, 0) is 37.0 Å². The van der Waals surface area contributed by atoms with Crippen molar-refractivity contribution in [3.63, 3.8) is 0 Å². The molecule has 4 rings (SSSR count). The first-order chi connectivity index (χ1) is 19.8. The zero-order chi connectivity index (χ0) is 29.2. The Labute approximate surface area is 243 Å². The topological polar surface area (TPSA) is 134 Å². The van der Waals surface area contributed by atoms with Crippen molar-refractivity contribution in [2.75, 3.05) is 11.1 Å². The van der Waals surface area contributed by atoms with Crippen LogP contribution >= 0.6 is 11.8 Å². The summed E-state index contributed by atoms with van der Waals surface area (Å²) >= 11 is 1.67. The minimum absolute atomic E-state index is 0.0239. The van der Waals surface area contributed by atoms with Gasteiger partial charge in [0.2, 0.25) is 11.8 Å². The summed E-state index contributed by atoms with van der Waals surface area (Å²) in [4.78, 5) is 34.9. The van der Waals surface area contributed by atoms with Gasteiger partial charge in [0, 0.05) is 48.2 Å². The number of rotatable bonds is 12. The number of aliphatic hydroxyl groups is 1. The van der Waals surface area contributed by atoms with Crippen LogP contribution in [0.25, 0.3) is 0 Å². The Morgan fingerprint density at radius 2 is 1.54 bits per heavy atom. The Morgan fingerprint density at radius 1 is 0.878 bits per heavy atom. The molecule has 1 fully saturated rings. The Balaban J connectivity index is 1.42. The van der Waals surface area contributed by atoms with Gasteiger partial charge in [-0.3, -0.25) is 14.4 Å². The van der Waals surface area contributed by atoms with E-state index in [4.69, 9.17) is 14.6 Å². The number of carbonyl (C=O) groups excluding carboxylic acids is 2. The molecule has 0 spiro atoms. The Hall–Kier alpha value is -3.70. The molecule has 9 nitrogen and oxygen atoms in total. The number of aliphatic carboxylic acids is 1. The second-order valence-electron chi connectivity index (χ2n) is 9.78. The molecular weight excluding hydrogens is 544 g/mol. The molecule has 1 aliphatic rings. The number of amides is 2. The fourth-order valence-electron chi connectivity index (χ4n) is 4.35. The smallest absolute Gasteiger partial charge is 0.303 e. The van der Waals surface area contributed by atoms with Crippen molar-refractivity contribution in [3.05, 3.63) is 95.1 Å². The third-order valence-electron chi connectivity index (χ3n) is 6.53. The van der Waals surface area contributed by atoms with Crippen LogP contribution in [0.1, 0.15) is 60.8 Å². The number of thioether (sulfide) groups is 1. The maximum absolute atomic E-state index is 11.9. The van der Waals surface area contributed by atoms with Crippen LogP contribution in [-0.4, -0.2) is 39.9 Å². The highest BCUT2D eigenvalue weighted by atomic mass is 32.2. The lowest BCUT2D eigenvalue weighted by molar-refractivity contribution is -0.245. The number of hydrogen-bond acceptors (Lipinski definition) is 7. The summed E-state index contributed by atoms with van der Waals surface area (Å²) in [5.41, 5.74) is 4.30. The lowest BCUT2D eigenvalue weighted by Gasteiger charge is -2.36. The molecular formula is C31H34N2O7S. The molecule has 0 aliphatic carbocycles. The summed E-state index contributed by atoms with van der Waals surface area (Å²) in [6.07, 6.45) is -0.513. The van der Waals surface area contributed by atoms with E-state index in [1.54, 1.807) is 11.8 Å². The normalized spacial score (nSPS) is 18.4. The highest BCUT2D eigenvalue weighted by Gasteiger charge is 2.32. The van der Waals surface area contributed by atoms with Gasteiger partial charge in [-0.05, 0) is 41.0 Å². The Bertz CT molecular complexity index is 1310. The molecule has 1 saturated heterocycles. The first-order valence-corrected chi connectivity index (χ1v) is 14.4. The van der Waals surface area contributed by atoms with Gasteiger partial charge in [-0.15, -0.1) is 11.8 Å². The van der Waals surface area contributed by atoms with Crippen molar-refractivity contribution < 1.29 is 34.1 Å². The van der Waals surface area contributed by atoms with Crippen LogP contribution in [0.5, 0.6) is 0 Å². The molecule has 0 saturated carbocycles. The lowest BCUT2D eigenvalue weighted by atomic mass is 10.0. The van der Waals surface area contributed by atoms with Gasteiger partial charge in [-0.2, -0.15) is 0 Å². The van der Waals surface area contributed by atoms with E-state index in [2.05, 4.69) is 10.6 Å². The van der Waals surface area contributed by atoms with Crippen molar-refractivity contribution in [2.45, 2.75) is 62.7 Å². The molecule has 4 N–H and O–H groups in total. The van der Waals surface area contributed by atoms with Crippen LogP contribution in [0, 0.1) is 0 Å². The van der Waals surface area contributed by atoms with Gasteiger partial charge in [-0.25, -0.2) is 0 Å². The zero-order valence-corrected chi connectivity index (χ0v) is 23.6. The molecule has 10 heteroatoms. The van der Waals surface area contributed by atoms with E-state index < -0.39 is 12.3 Å². The molecule has 0 aromatic heterocycles. The molecule has 3 aromatic rings. The van der Waals surface area contributed by atoms with Gasteiger partial charge >= 0.3 is 5.97 Å². The summed E-state index contributed by atoms with van der Waals surface area (Å²) < 4.78 is 12.8. The molecule has 3 atom stereocenters. The summed E-state index contributed by atoms with van der Waals surface area (Å²) in [6.45, 7) is 1.75. The highest BCUT2D eigenvalue weighted by Crippen LogP contribution is 2.39. The third kappa shape index (κ3) is 9.43. The molecule has 0 bridgehead atoms. The monoisotopic (exact) mass is 578 g/mol. The second kappa shape index (κ2) is 14.8. The fraction of sp³-hybridized carbons (Fsp3) is 0.323. The number of nitrogens with one attached hydrogen (secondary N) is 2. The molecule has 2 amide bonds. The highest BCUT2D eigenvalue weighted by molar-refractivity contribution is 7.99. The van der Waals surface area contributed by atoms with Crippen molar-refractivity contribution in [1.82, 2.24) is 5.32 Å². The van der Waals surface area contributed by atoms with Gasteiger partial charge in [0.15, 0.2) is 6.29 Å². The maximum Gasteiger partial charge on any atom is 0.303 e. The summed E-state index contributed by atoms with van der Waals surface area (Å²) in [6, 6.07) is 23.0. The minimum atomic E-state index is -1.00. The second-order valence-corrected chi connectivity index (χ2v) is 10.9. The number of anilines is 1. The van der Waals surface area contributed by atoms with Crippen LogP contribution in [0.4, 0.5) is 5.69 Å². The van der Waals surface area contributed by atoms with E-state index in [-0.39, 0.29) is 43.5 Å². The van der Waals surface area contributed by atoms with Gasteiger partial charge in [0.25, 0.3) is 0 Å². The summed E-state index contributed by atoms with van der Waals surface area (Å²) in [5, 5.41) is 23.7. The predicted molar refractivity (Wildman–Crippen MR) is 155 cm³/mol. The van der Waals surface area contributed by atoms with E-state index in [0.29, 0.717) is 18.7 Å². The standard InChI is InChI=1S/C31H34N2O7S/c1-20(35)33-25-10-12-27(13-11-25)41-19-26-16-28(23-6-4-22(18-34)5-7-23)40-31(39-26)24-8-2-21(3-9-24)17-32-29(36)14-15-30(37)38/h2-13,26,28,31,34H,14-19H2,1H3,(H,32,36)(H,33,35)(H,37,38)/t26-,28+,31+/m1/s1. The number of benzene rings is 3. The average Bonchev–Trinajstić information content (AvgIpc) is 2.98. The largest absolute Gasteiger partial charge is 0.481 e. The predicted octanol–water partition coefficient (Wildman–Crippen LogP) is 4.96. The van der Waals surface area contributed by atoms with Gasteiger partial charge in [0.1, 0.15) is 0 Å². The molecule has 0 radical (unpaired) electrons. The van der Waals surface area contributed by atoms with E-state index in [9.17, 15) is 19.5 Å². The molecule has 1 heterocycles. The third-order valence-corrected chi connectivity index (χ3v) is 7.68. The van der Waals surface area contributed by atoms with Crippen LogP contribution in [0.2, 0.25) is 0 Å². The molecule has 216 valence electrons. The van der Waals surface area contributed by atoms with E-state index in [0.717, 1.165) is 32.8 Å². The summed E-state index contributed by atoms with van der Waals surface area (Å²) in [7, 11) is 0. The Kier molecular flexibility index (Phi) is 10.9. The summed E-state index contributed by atoms with van der Waals surface area (Å²) in [5.74, 6) is -0.726. The fourth-order valence-corrected chi connectivity index (χ4v) is 5.27. The molecule has 3 aromatic carbocycles. The maximum atomic E-state index is 11.9. The average molecular weight is 579 g/mol. The van der Waals surface area contributed by atoms with Crippen molar-refractivity contribution in [1.29, 1.82) is 0 Å². The van der Waals surface area contributed by atoms with E-state index in [1.807, 2.05) is 72.8 Å². The first-order valence-electron chi connectivity index (χ1n) is 13.4. The number of carboxylic acids is 1. The molecule has 0 unspecified atom stereocenters. The van der Waals surface area contributed by atoms with Crippen molar-refractivity contribution in [2.24, 2.45) is 0 Å². The molecule has 1 aliphatic heterocycles. The number of aliphatic hydroxyl groups excluding tert-OH is 1. The van der Waals surface area contributed by atoms with Gasteiger partial charge in [-0.1, -0.05) is 48.5 Å². The number of ether oxygens (including phenoxy) is 2. The number of carbonyl (C=O) groups is 3. The van der Waals surface area contributed by atoms with Crippen LogP contribution in [0.3, 0.4) is 0 Å². The van der Waals surface area contributed by atoms with E-state index >= 15 is 0 Å². The van der Waals surface area contributed by atoms with Gasteiger partial charge < -0.3 is 30.3 Å². The number of hydrogen-bond donors (Lipinski definition) is 4. The molecule has 41 heavy (non-hydrogen) atoms. The first kappa shape index (κ1) is 30.3. The van der Waals surface area contributed by atoms with E-state index in [1.165, 1.54) is 6.92 Å². The zero-order valence-electron chi connectivity index (χ0n) is 22.7. The van der Waals surface area contributed by atoms with Crippen molar-refractivity contribution >= 4 is 35.2 Å². The minimum Gasteiger partial charge on any atom is -0.481 e. The van der Waals surface area contributed by atoms with Gasteiger partial charge in [0.05, 0.1) is 25.2 Å². The van der Waals surface area contributed by atoms with Crippen LogP contribution in [0.15, 0.2) is 77.7 Å². The van der Waals surface area contributed by atoms with Crippen LogP contribution < -0.4 is 10.6 Å². The van der Waals surface area contributed by atoms with Crippen molar-refractivity contribution in [3.8, 4) is 0 Å². The Morgan fingerprint density at radius 3 is 2.17 bits per heavy atom. The quantitative estimate of drug-likeness (QED) is 0.222. The lowest BCUT2D eigenvalue weighted by Crippen LogP contribution is -2.31. The SMILES string of the molecule is CC(=O)Nc1ccc(SC[C@H]2C[C@@H](c3ccc(CO)cc3)O[C@@H](c3ccc(CNC(=O)CCC(=O)O)cc3)O2)cc1. The number of carboxylic acid groups (broad SMARTS) is 1.